The minimum Gasteiger partial charge on any atom is -0.361 e. The fraction of sp³-hybridized carbons (Fsp3) is 0.636. The lowest BCUT2D eigenvalue weighted by molar-refractivity contribution is 0.0940. The molecule has 0 spiro atoms. The van der Waals surface area contributed by atoms with Gasteiger partial charge in [0.1, 0.15) is 5.76 Å². The summed E-state index contributed by atoms with van der Waals surface area (Å²) in [7, 11) is 0. The molecule has 0 aliphatic carbocycles. The number of rotatable bonds is 4. The van der Waals surface area contributed by atoms with Crippen molar-refractivity contribution in [3.63, 3.8) is 0 Å². The minimum absolute atomic E-state index is 0.156. The molecule has 1 saturated heterocycles. The summed E-state index contributed by atoms with van der Waals surface area (Å²) in [5, 5.41) is 6.50. The average Bonchev–Trinajstić information content (AvgIpc) is 2.89. The lowest BCUT2D eigenvalue weighted by Gasteiger charge is -2.14. The van der Waals surface area contributed by atoms with E-state index in [1.807, 2.05) is 0 Å². The number of hydrogen-bond acceptors (Lipinski definition) is 4. The molecule has 0 bridgehead atoms. The van der Waals surface area contributed by atoms with Gasteiger partial charge in [0.05, 0.1) is 0 Å². The quantitative estimate of drug-likeness (QED) is 0.820. The molecule has 1 aliphatic heterocycles. The number of nitrogens with zero attached hydrogens (tertiary/aromatic N) is 2. The van der Waals surface area contributed by atoms with Crippen molar-refractivity contribution < 1.29 is 9.32 Å². The highest BCUT2D eigenvalue weighted by molar-refractivity contribution is 5.92. The van der Waals surface area contributed by atoms with E-state index in [1.54, 1.807) is 13.0 Å². The van der Waals surface area contributed by atoms with Crippen molar-refractivity contribution in [2.45, 2.75) is 19.8 Å². The summed E-state index contributed by atoms with van der Waals surface area (Å²) < 4.78 is 4.84. The van der Waals surface area contributed by atoms with Gasteiger partial charge in [0.15, 0.2) is 5.69 Å². The van der Waals surface area contributed by atoms with Gasteiger partial charge in [-0.15, -0.1) is 0 Å². The second kappa shape index (κ2) is 5.12. The molecule has 16 heavy (non-hydrogen) atoms. The lowest BCUT2D eigenvalue weighted by Crippen LogP contribution is -2.33. The second-order valence-corrected chi connectivity index (χ2v) is 4.13. The molecule has 1 aromatic heterocycles. The van der Waals surface area contributed by atoms with Crippen molar-refractivity contribution in [2.75, 3.05) is 26.2 Å². The van der Waals surface area contributed by atoms with Crippen molar-refractivity contribution in [3.8, 4) is 0 Å². The first-order chi connectivity index (χ1) is 7.75. The number of hydrogen-bond donors (Lipinski definition) is 1. The van der Waals surface area contributed by atoms with E-state index in [-0.39, 0.29) is 5.91 Å². The third-order valence-corrected chi connectivity index (χ3v) is 2.77. The maximum atomic E-state index is 11.6. The zero-order valence-corrected chi connectivity index (χ0v) is 9.53. The topological polar surface area (TPSA) is 58.4 Å². The number of amides is 1. The van der Waals surface area contributed by atoms with E-state index in [4.69, 9.17) is 4.52 Å². The number of aromatic nitrogens is 1. The van der Waals surface area contributed by atoms with Crippen LogP contribution in [0.2, 0.25) is 0 Å². The Labute approximate surface area is 94.8 Å². The van der Waals surface area contributed by atoms with Crippen molar-refractivity contribution in [3.05, 3.63) is 17.5 Å². The Hall–Kier alpha value is -1.36. The van der Waals surface area contributed by atoms with Gasteiger partial charge in [-0.1, -0.05) is 5.16 Å². The first kappa shape index (κ1) is 11.1. The summed E-state index contributed by atoms with van der Waals surface area (Å²) in [6.07, 6.45) is 2.55. The van der Waals surface area contributed by atoms with Crippen LogP contribution in [0.1, 0.15) is 29.1 Å². The Morgan fingerprint density at radius 1 is 1.56 bits per heavy atom. The van der Waals surface area contributed by atoms with Gasteiger partial charge in [0.25, 0.3) is 5.91 Å². The zero-order chi connectivity index (χ0) is 11.4. The largest absolute Gasteiger partial charge is 0.361 e. The fourth-order valence-corrected chi connectivity index (χ4v) is 1.90. The number of aryl methyl sites for hydroxylation is 1. The average molecular weight is 223 g/mol. The summed E-state index contributed by atoms with van der Waals surface area (Å²) in [5.41, 5.74) is 0.360. The summed E-state index contributed by atoms with van der Waals surface area (Å²) in [4.78, 5) is 13.9. The van der Waals surface area contributed by atoms with E-state index < -0.39 is 0 Å². The molecule has 2 rings (SSSR count). The third kappa shape index (κ3) is 2.82. The van der Waals surface area contributed by atoms with Crippen molar-refractivity contribution in [1.82, 2.24) is 15.4 Å². The maximum absolute atomic E-state index is 11.6. The van der Waals surface area contributed by atoms with Gasteiger partial charge in [0, 0.05) is 19.2 Å². The van der Waals surface area contributed by atoms with Crippen molar-refractivity contribution >= 4 is 5.91 Å². The van der Waals surface area contributed by atoms with Crippen LogP contribution in [0.15, 0.2) is 10.6 Å². The predicted octanol–water partition coefficient (Wildman–Crippen LogP) is 0.809. The van der Waals surface area contributed by atoms with Crippen LogP contribution in [0.4, 0.5) is 0 Å². The van der Waals surface area contributed by atoms with Crippen LogP contribution in [0.5, 0.6) is 0 Å². The summed E-state index contributed by atoms with van der Waals surface area (Å²) in [6, 6.07) is 1.64. The van der Waals surface area contributed by atoms with Crippen molar-refractivity contribution in [1.29, 1.82) is 0 Å². The first-order valence-corrected chi connectivity index (χ1v) is 5.69. The molecule has 5 nitrogen and oxygen atoms in total. The van der Waals surface area contributed by atoms with Gasteiger partial charge < -0.3 is 14.7 Å². The Morgan fingerprint density at radius 2 is 2.31 bits per heavy atom. The molecule has 88 valence electrons. The van der Waals surface area contributed by atoms with Gasteiger partial charge in [-0.3, -0.25) is 4.79 Å². The first-order valence-electron chi connectivity index (χ1n) is 5.69. The number of carbonyl (C=O) groups excluding carboxylic acids is 1. The smallest absolute Gasteiger partial charge is 0.273 e. The molecule has 0 saturated carbocycles. The Morgan fingerprint density at radius 3 is 2.94 bits per heavy atom. The Kier molecular flexibility index (Phi) is 3.56. The molecule has 1 N–H and O–H groups in total. The van der Waals surface area contributed by atoms with Crippen LogP contribution in [-0.2, 0) is 0 Å². The van der Waals surface area contributed by atoms with Crippen LogP contribution >= 0.6 is 0 Å². The van der Waals surface area contributed by atoms with E-state index in [2.05, 4.69) is 15.4 Å². The molecule has 1 fully saturated rings. The standard InChI is InChI=1S/C11H17N3O2/c1-9-8-10(13-16-9)11(15)12-4-7-14-5-2-3-6-14/h8H,2-7H2,1H3,(H,12,15). The van der Waals surface area contributed by atoms with Gasteiger partial charge >= 0.3 is 0 Å². The van der Waals surface area contributed by atoms with Crippen LogP contribution in [0.3, 0.4) is 0 Å². The van der Waals surface area contributed by atoms with Crippen LogP contribution in [0, 0.1) is 6.92 Å². The maximum Gasteiger partial charge on any atom is 0.273 e. The molecular weight excluding hydrogens is 206 g/mol. The van der Waals surface area contributed by atoms with Gasteiger partial charge in [0.2, 0.25) is 0 Å². The van der Waals surface area contributed by atoms with Gasteiger partial charge in [-0.05, 0) is 32.9 Å². The van der Waals surface area contributed by atoms with Crippen LogP contribution < -0.4 is 5.32 Å². The number of likely N-dealkylation sites (tertiary alicyclic amines) is 1. The molecule has 1 aromatic rings. The zero-order valence-electron chi connectivity index (χ0n) is 9.53. The predicted molar refractivity (Wildman–Crippen MR) is 59.2 cm³/mol. The van der Waals surface area contributed by atoms with Crippen LogP contribution in [-0.4, -0.2) is 42.1 Å². The molecule has 2 heterocycles. The summed E-state index contributed by atoms with van der Waals surface area (Å²) >= 11 is 0. The highest BCUT2D eigenvalue weighted by Gasteiger charge is 2.13. The second-order valence-electron chi connectivity index (χ2n) is 4.13. The Balaban J connectivity index is 1.71. The molecule has 0 aromatic carbocycles. The SMILES string of the molecule is Cc1cc(C(=O)NCCN2CCCC2)no1. The van der Waals surface area contributed by atoms with Gasteiger partial charge in [-0.2, -0.15) is 0 Å². The monoisotopic (exact) mass is 223 g/mol. The van der Waals surface area contributed by atoms with E-state index in [1.165, 1.54) is 12.8 Å². The highest BCUT2D eigenvalue weighted by atomic mass is 16.5. The summed E-state index contributed by atoms with van der Waals surface area (Å²) in [6.45, 7) is 5.67. The molecule has 0 unspecified atom stereocenters. The molecule has 5 heteroatoms. The molecular formula is C11H17N3O2. The number of nitrogens with one attached hydrogen (secondary N) is 1. The van der Waals surface area contributed by atoms with Crippen LogP contribution in [0.25, 0.3) is 0 Å². The number of carbonyl (C=O) groups is 1. The van der Waals surface area contributed by atoms with E-state index in [9.17, 15) is 4.79 Å². The van der Waals surface area contributed by atoms with Crippen molar-refractivity contribution in [2.24, 2.45) is 0 Å². The summed E-state index contributed by atoms with van der Waals surface area (Å²) in [5.74, 6) is 0.501. The molecule has 1 amide bonds. The molecule has 0 atom stereocenters. The third-order valence-electron chi connectivity index (χ3n) is 2.77. The highest BCUT2D eigenvalue weighted by Crippen LogP contribution is 2.05. The van der Waals surface area contributed by atoms with Gasteiger partial charge in [-0.25, -0.2) is 0 Å². The van der Waals surface area contributed by atoms with E-state index >= 15 is 0 Å². The molecule has 0 radical (unpaired) electrons. The fourth-order valence-electron chi connectivity index (χ4n) is 1.90. The minimum atomic E-state index is -0.156. The Bertz CT molecular complexity index is 356. The lowest BCUT2D eigenvalue weighted by atomic mass is 10.3. The molecule has 1 aliphatic rings. The van der Waals surface area contributed by atoms with E-state index in [0.29, 0.717) is 18.0 Å². The van der Waals surface area contributed by atoms with E-state index in [0.717, 1.165) is 19.6 Å². The normalized spacial score (nSPS) is 16.6.